The van der Waals surface area contributed by atoms with Crippen molar-refractivity contribution in [2.45, 2.75) is 6.92 Å². The fraction of sp³-hybridized carbons (Fsp3) is 0.111. The van der Waals surface area contributed by atoms with Gasteiger partial charge in [0.25, 0.3) is 5.91 Å². The van der Waals surface area contributed by atoms with Crippen LogP contribution in [-0.4, -0.2) is 18.2 Å². The van der Waals surface area contributed by atoms with Crippen LogP contribution < -0.4 is 10.2 Å². The van der Waals surface area contributed by atoms with Gasteiger partial charge in [0.2, 0.25) is 0 Å². The van der Waals surface area contributed by atoms with Gasteiger partial charge in [-0.05, 0) is 36.8 Å². The van der Waals surface area contributed by atoms with Crippen LogP contribution >= 0.6 is 11.6 Å². The predicted octanol–water partition coefficient (Wildman–Crippen LogP) is 3.92. The molecule has 0 aliphatic carbocycles. The predicted molar refractivity (Wildman–Crippen MR) is 93.7 cm³/mol. The van der Waals surface area contributed by atoms with Gasteiger partial charge in [0, 0.05) is 5.02 Å². The number of ether oxygens (including phenoxy) is 1. The Kier molecular flexibility index (Phi) is 6.39. The Labute approximate surface area is 140 Å². The number of allylic oxidation sites excluding steroid dienone is 1. The Morgan fingerprint density at radius 1 is 1.22 bits per heavy atom. The van der Waals surface area contributed by atoms with Gasteiger partial charge in [0.15, 0.2) is 6.61 Å². The summed E-state index contributed by atoms with van der Waals surface area (Å²) in [5.74, 6) is 0.203. The molecule has 0 atom stereocenters. The number of benzene rings is 2. The van der Waals surface area contributed by atoms with Crippen LogP contribution in [0, 0.1) is 0 Å². The van der Waals surface area contributed by atoms with E-state index in [1.54, 1.807) is 31.2 Å². The van der Waals surface area contributed by atoms with Crippen molar-refractivity contribution >= 4 is 29.3 Å². The Bertz CT molecular complexity index is 712. The van der Waals surface area contributed by atoms with E-state index in [0.29, 0.717) is 16.5 Å². The molecule has 0 aliphatic rings. The van der Waals surface area contributed by atoms with Crippen LogP contribution in [0.15, 0.2) is 65.8 Å². The molecule has 2 rings (SSSR count). The number of rotatable bonds is 6. The first-order valence-corrected chi connectivity index (χ1v) is 7.46. The van der Waals surface area contributed by atoms with Crippen molar-refractivity contribution in [1.82, 2.24) is 5.43 Å². The van der Waals surface area contributed by atoms with Crippen molar-refractivity contribution in [3.05, 3.63) is 71.3 Å². The van der Waals surface area contributed by atoms with Crippen molar-refractivity contribution in [3.8, 4) is 5.75 Å². The van der Waals surface area contributed by atoms with E-state index >= 15 is 0 Å². The molecule has 0 saturated heterocycles. The van der Waals surface area contributed by atoms with E-state index < -0.39 is 0 Å². The summed E-state index contributed by atoms with van der Waals surface area (Å²) in [6.07, 6.45) is 3.75. The third-order valence-corrected chi connectivity index (χ3v) is 3.07. The van der Waals surface area contributed by atoms with Gasteiger partial charge in [-0.3, -0.25) is 4.79 Å². The Hall–Kier alpha value is -2.59. The molecule has 0 unspecified atom stereocenters. The average Bonchev–Trinajstić information content (AvgIpc) is 2.57. The molecule has 1 amide bonds. The zero-order chi connectivity index (χ0) is 16.5. The fourth-order valence-electron chi connectivity index (χ4n) is 1.71. The molecular formula is C18H17ClN2O2. The molecule has 4 nitrogen and oxygen atoms in total. The Morgan fingerprint density at radius 2 is 2.00 bits per heavy atom. The van der Waals surface area contributed by atoms with E-state index in [2.05, 4.69) is 10.5 Å². The van der Waals surface area contributed by atoms with E-state index in [9.17, 15) is 4.79 Å². The van der Waals surface area contributed by atoms with E-state index in [-0.39, 0.29) is 12.5 Å². The molecule has 2 aromatic rings. The van der Waals surface area contributed by atoms with E-state index in [1.807, 2.05) is 42.5 Å². The second-order valence-corrected chi connectivity index (χ2v) is 5.21. The highest BCUT2D eigenvalue weighted by Gasteiger charge is 2.02. The lowest BCUT2D eigenvalue weighted by Gasteiger charge is -2.05. The first kappa shape index (κ1) is 16.8. The van der Waals surface area contributed by atoms with Gasteiger partial charge in [-0.1, -0.05) is 54.1 Å². The molecule has 5 heteroatoms. The topological polar surface area (TPSA) is 50.7 Å². The Morgan fingerprint density at radius 3 is 2.74 bits per heavy atom. The number of hydrogen-bond donors (Lipinski definition) is 1. The van der Waals surface area contributed by atoms with Crippen LogP contribution in [0.2, 0.25) is 5.02 Å². The van der Waals surface area contributed by atoms with Gasteiger partial charge in [0.05, 0.1) is 5.71 Å². The number of halogens is 1. The first-order valence-electron chi connectivity index (χ1n) is 7.08. The van der Waals surface area contributed by atoms with Crippen molar-refractivity contribution in [1.29, 1.82) is 0 Å². The second kappa shape index (κ2) is 8.76. The van der Waals surface area contributed by atoms with Gasteiger partial charge in [-0.2, -0.15) is 5.10 Å². The van der Waals surface area contributed by atoms with Crippen molar-refractivity contribution < 1.29 is 9.53 Å². The minimum atomic E-state index is -0.336. The van der Waals surface area contributed by atoms with E-state index in [0.717, 1.165) is 5.56 Å². The fourth-order valence-corrected chi connectivity index (χ4v) is 1.89. The van der Waals surface area contributed by atoms with Crippen molar-refractivity contribution in [3.63, 3.8) is 0 Å². The highest BCUT2D eigenvalue weighted by Crippen LogP contribution is 2.16. The molecule has 0 aromatic heterocycles. The number of nitrogens with one attached hydrogen (secondary N) is 1. The SMILES string of the molecule is CC(/C=C/c1ccccc1)=N\NC(=O)COc1cccc(Cl)c1. The summed E-state index contributed by atoms with van der Waals surface area (Å²) >= 11 is 5.84. The van der Waals surface area contributed by atoms with E-state index in [1.165, 1.54) is 0 Å². The van der Waals surface area contributed by atoms with Crippen molar-refractivity contribution in [2.75, 3.05) is 6.61 Å². The molecule has 0 radical (unpaired) electrons. The highest BCUT2D eigenvalue weighted by molar-refractivity contribution is 6.30. The van der Waals surface area contributed by atoms with Gasteiger partial charge in [-0.15, -0.1) is 0 Å². The summed E-state index contributed by atoms with van der Waals surface area (Å²) in [5.41, 5.74) is 4.20. The third kappa shape index (κ3) is 6.36. The molecule has 0 fully saturated rings. The minimum absolute atomic E-state index is 0.125. The summed E-state index contributed by atoms with van der Waals surface area (Å²) in [6, 6.07) is 16.7. The number of carbonyl (C=O) groups is 1. The van der Waals surface area contributed by atoms with Crippen molar-refractivity contribution in [2.24, 2.45) is 5.10 Å². The minimum Gasteiger partial charge on any atom is -0.484 e. The normalized spacial score (nSPS) is 11.5. The lowest BCUT2D eigenvalue weighted by Crippen LogP contribution is -2.25. The van der Waals surface area contributed by atoms with Gasteiger partial charge in [-0.25, -0.2) is 5.43 Å². The lowest BCUT2D eigenvalue weighted by molar-refractivity contribution is -0.123. The van der Waals surface area contributed by atoms with E-state index in [4.69, 9.17) is 16.3 Å². The largest absolute Gasteiger partial charge is 0.484 e. The lowest BCUT2D eigenvalue weighted by atomic mass is 10.2. The van der Waals surface area contributed by atoms with Crippen LogP contribution in [0.3, 0.4) is 0 Å². The molecule has 0 saturated carbocycles. The number of hydrazone groups is 1. The Balaban J connectivity index is 1.79. The molecule has 0 spiro atoms. The standard InChI is InChI=1S/C18H17ClN2O2/c1-14(10-11-15-6-3-2-4-7-15)20-21-18(22)13-23-17-9-5-8-16(19)12-17/h2-12H,13H2,1H3,(H,21,22)/b11-10+,20-14+. The molecule has 118 valence electrons. The number of hydrogen-bond acceptors (Lipinski definition) is 3. The summed E-state index contributed by atoms with van der Waals surface area (Å²) in [6.45, 7) is 1.68. The van der Waals surface area contributed by atoms with Crippen LogP contribution in [-0.2, 0) is 4.79 Å². The molecular weight excluding hydrogens is 312 g/mol. The number of nitrogens with zero attached hydrogens (tertiary/aromatic N) is 1. The van der Waals surface area contributed by atoms with Crippen LogP contribution in [0.4, 0.5) is 0 Å². The average molecular weight is 329 g/mol. The monoisotopic (exact) mass is 328 g/mol. The third-order valence-electron chi connectivity index (χ3n) is 2.84. The molecule has 2 aromatic carbocycles. The molecule has 1 N–H and O–H groups in total. The van der Waals surface area contributed by atoms with Crippen LogP contribution in [0.25, 0.3) is 6.08 Å². The highest BCUT2D eigenvalue weighted by atomic mass is 35.5. The zero-order valence-corrected chi connectivity index (χ0v) is 13.5. The van der Waals surface area contributed by atoms with Crippen LogP contribution in [0.5, 0.6) is 5.75 Å². The maximum atomic E-state index is 11.7. The number of carbonyl (C=O) groups excluding carboxylic acids is 1. The van der Waals surface area contributed by atoms with Gasteiger partial charge < -0.3 is 4.74 Å². The molecule has 23 heavy (non-hydrogen) atoms. The summed E-state index contributed by atoms with van der Waals surface area (Å²) in [4.78, 5) is 11.7. The zero-order valence-electron chi connectivity index (χ0n) is 12.7. The second-order valence-electron chi connectivity index (χ2n) is 4.78. The summed E-state index contributed by atoms with van der Waals surface area (Å²) < 4.78 is 5.33. The van der Waals surface area contributed by atoms with Crippen LogP contribution in [0.1, 0.15) is 12.5 Å². The number of amides is 1. The molecule has 0 bridgehead atoms. The summed E-state index contributed by atoms with van der Waals surface area (Å²) in [7, 11) is 0. The first-order chi connectivity index (χ1) is 11.1. The molecule has 0 heterocycles. The maximum absolute atomic E-state index is 11.7. The molecule has 0 aliphatic heterocycles. The van der Waals surface area contributed by atoms with Gasteiger partial charge >= 0.3 is 0 Å². The quantitative estimate of drug-likeness (QED) is 0.645. The smallest absolute Gasteiger partial charge is 0.277 e. The summed E-state index contributed by atoms with van der Waals surface area (Å²) in [5, 5.41) is 4.55. The maximum Gasteiger partial charge on any atom is 0.277 e. The van der Waals surface area contributed by atoms with Gasteiger partial charge in [0.1, 0.15) is 5.75 Å².